The highest BCUT2D eigenvalue weighted by Crippen LogP contribution is 2.25. The van der Waals surface area contributed by atoms with E-state index in [1.807, 2.05) is 31.2 Å². The van der Waals surface area contributed by atoms with Gasteiger partial charge in [-0.05, 0) is 19.1 Å². The first-order chi connectivity index (χ1) is 6.72. The Morgan fingerprint density at radius 2 is 2.14 bits per heavy atom. The van der Waals surface area contributed by atoms with Gasteiger partial charge in [0.2, 0.25) is 0 Å². The Labute approximate surface area is 90.3 Å². The Hall–Kier alpha value is -1.40. The maximum atomic E-state index is 8.92. The van der Waals surface area contributed by atoms with Gasteiger partial charge in [-0.3, -0.25) is 0 Å². The number of aromatic nitrogens is 1. The van der Waals surface area contributed by atoms with Crippen LogP contribution in [0.3, 0.4) is 0 Å². The monoisotopic (exact) mass is 246 g/mol. The summed E-state index contributed by atoms with van der Waals surface area (Å²) in [6.07, 6.45) is 0. The van der Waals surface area contributed by atoms with Gasteiger partial charge in [-0.1, -0.05) is 28.1 Å². The minimum atomic E-state index is 0.487. The fraction of sp³-hybridized carbons (Fsp3) is 0.0909. The number of benzene rings is 1. The van der Waals surface area contributed by atoms with Gasteiger partial charge < -0.3 is 0 Å². The lowest BCUT2D eigenvalue weighted by atomic mass is 10.1. The van der Waals surface area contributed by atoms with Crippen molar-refractivity contribution in [2.75, 3.05) is 0 Å². The van der Waals surface area contributed by atoms with Gasteiger partial charge in [-0.2, -0.15) is 5.26 Å². The molecule has 0 saturated heterocycles. The Kier molecular flexibility index (Phi) is 2.22. The van der Waals surface area contributed by atoms with E-state index >= 15 is 0 Å². The highest BCUT2D eigenvalue weighted by molar-refractivity contribution is 9.10. The first kappa shape index (κ1) is 9.17. The third-order valence-corrected chi connectivity index (χ3v) is 2.75. The maximum Gasteiger partial charge on any atom is 0.148 e. The van der Waals surface area contributed by atoms with Crippen LogP contribution in [0.4, 0.5) is 0 Å². The number of nitrogens with zero attached hydrogens (tertiary/aromatic N) is 2. The molecule has 2 nitrogen and oxygen atoms in total. The maximum absolute atomic E-state index is 8.92. The lowest BCUT2D eigenvalue weighted by Gasteiger charge is -2.03. The van der Waals surface area contributed by atoms with Gasteiger partial charge in [0.25, 0.3) is 0 Å². The summed E-state index contributed by atoms with van der Waals surface area (Å²) in [5, 5.41) is 10.9. The van der Waals surface area contributed by atoms with E-state index in [1.54, 1.807) is 0 Å². The normalized spacial score (nSPS) is 10.1. The Balaban J connectivity index is 2.96. The van der Waals surface area contributed by atoms with Crippen molar-refractivity contribution < 1.29 is 0 Å². The number of aryl methyl sites for hydroxylation is 1. The molecule has 0 bridgehead atoms. The van der Waals surface area contributed by atoms with Crippen LogP contribution in [0, 0.1) is 18.3 Å². The second-order valence-electron chi connectivity index (χ2n) is 3.06. The number of pyridine rings is 1. The van der Waals surface area contributed by atoms with Gasteiger partial charge in [0, 0.05) is 20.9 Å². The van der Waals surface area contributed by atoms with Crippen molar-refractivity contribution in [1.82, 2.24) is 4.98 Å². The summed E-state index contributed by atoms with van der Waals surface area (Å²) in [5.41, 5.74) is 1.35. The third-order valence-electron chi connectivity index (χ3n) is 2.06. The molecule has 0 aliphatic rings. The van der Waals surface area contributed by atoms with Gasteiger partial charge in [-0.15, -0.1) is 0 Å². The van der Waals surface area contributed by atoms with E-state index in [0.29, 0.717) is 5.69 Å². The van der Waals surface area contributed by atoms with Crippen molar-refractivity contribution >= 4 is 26.7 Å². The van der Waals surface area contributed by atoms with E-state index in [-0.39, 0.29) is 0 Å². The molecular formula is C11H7BrN2. The van der Waals surface area contributed by atoms with Crippen molar-refractivity contribution in [2.45, 2.75) is 6.92 Å². The summed E-state index contributed by atoms with van der Waals surface area (Å²) >= 11 is 3.46. The van der Waals surface area contributed by atoms with Crippen molar-refractivity contribution in [2.24, 2.45) is 0 Å². The summed E-state index contributed by atoms with van der Waals surface area (Å²) < 4.78 is 0.997. The summed E-state index contributed by atoms with van der Waals surface area (Å²) in [5.74, 6) is 0. The average Bonchev–Trinajstić information content (AvgIpc) is 2.18. The lowest BCUT2D eigenvalue weighted by Crippen LogP contribution is -1.89. The van der Waals surface area contributed by atoms with Crippen molar-refractivity contribution in [3.05, 3.63) is 40.1 Å². The van der Waals surface area contributed by atoms with E-state index in [9.17, 15) is 0 Å². The second-order valence-corrected chi connectivity index (χ2v) is 3.91. The van der Waals surface area contributed by atoms with Crippen LogP contribution in [0.25, 0.3) is 10.8 Å². The zero-order valence-electron chi connectivity index (χ0n) is 7.58. The fourth-order valence-electron chi connectivity index (χ4n) is 1.45. The zero-order valence-corrected chi connectivity index (χ0v) is 9.17. The molecule has 0 amide bonds. The molecule has 14 heavy (non-hydrogen) atoms. The SMILES string of the molecule is Cc1cc2c(Br)cccc2c(C#N)n1. The molecular weight excluding hydrogens is 240 g/mol. The highest BCUT2D eigenvalue weighted by atomic mass is 79.9. The molecule has 0 aliphatic heterocycles. The number of rotatable bonds is 0. The third kappa shape index (κ3) is 1.38. The van der Waals surface area contributed by atoms with Gasteiger partial charge in [0.15, 0.2) is 0 Å². The van der Waals surface area contributed by atoms with E-state index in [2.05, 4.69) is 27.0 Å². The van der Waals surface area contributed by atoms with Gasteiger partial charge >= 0.3 is 0 Å². The summed E-state index contributed by atoms with van der Waals surface area (Å²) in [4.78, 5) is 4.18. The molecule has 0 N–H and O–H groups in total. The van der Waals surface area contributed by atoms with Gasteiger partial charge in [-0.25, -0.2) is 4.98 Å². The highest BCUT2D eigenvalue weighted by Gasteiger charge is 2.05. The van der Waals surface area contributed by atoms with Crippen molar-refractivity contribution in [1.29, 1.82) is 5.26 Å². The lowest BCUT2D eigenvalue weighted by molar-refractivity contribution is 1.19. The topological polar surface area (TPSA) is 36.7 Å². The van der Waals surface area contributed by atoms with Crippen LogP contribution < -0.4 is 0 Å². The van der Waals surface area contributed by atoms with Crippen LogP contribution in [0.1, 0.15) is 11.4 Å². The zero-order chi connectivity index (χ0) is 10.1. The number of hydrogen-bond donors (Lipinski definition) is 0. The molecule has 2 rings (SSSR count). The minimum Gasteiger partial charge on any atom is -0.242 e. The van der Waals surface area contributed by atoms with Crippen LogP contribution in [0.2, 0.25) is 0 Å². The quantitative estimate of drug-likeness (QED) is 0.716. The van der Waals surface area contributed by atoms with Crippen LogP contribution in [-0.4, -0.2) is 4.98 Å². The van der Waals surface area contributed by atoms with Crippen LogP contribution >= 0.6 is 15.9 Å². The number of hydrogen-bond acceptors (Lipinski definition) is 2. The van der Waals surface area contributed by atoms with E-state index in [0.717, 1.165) is 20.9 Å². The molecule has 3 heteroatoms. The second kappa shape index (κ2) is 3.39. The Morgan fingerprint density at radius 1 is 1.36 bits per heavy atom. The molecule has 1 aromatic carbocycles. The van der Waals surface area contributed by atoms with Crippen LogP contribution in [0.5, 0.6) is 0 Å². The first-order valence-corrected chi connectivity index (χ1v) is 4.97. The number of fused-ring (bicyclic) bond motifs is 1. The molecule has 0 atom stereocenters. The predicted molar refractivity (Wildman–Crippen MR) is 58.9 cm³/mol. The molecule has 0 radical (unpaired) electrons. The Morgan fingerprint density at radius 3 is 2.86 bits per heavy atom. The molecule has 2 aromatic rings. The van der Waals surface area contributed by atoms with Crippen molar-refractivity contribution in [3.8, 4) is 6.07 Å². The largest absolute Gasteiger partial charge is 0.242 e. The molecule has 0 unspecified atom stereocenters. The molecule has 0 fully saturated rings. The van der Waals surface area contributed by atoms with Crippen molar-refractivity contribution in [3.63, 3.8) is 0 Å². The molecule has 1 heterocycles. The molecule has 0 saturated carbocycles. The van der Waals surface area contributed by atoms with Gasteiger partial charge in [0.1, 0.15) is 11.8 Å². The first-order valence-electron chi connectivity index (χ1n) is 4.18. The number of halogens is 1. The molecule has 0 aliphatic carbocycles. The molecule has 1 aromatic heterocycles. The predicted octanol–water partition coefficient (Wildman–Crippen LogP) is 3.18. The number of nitriles is 1. The minimum absolute atomic E-state index is 0.487. The van der Waals surface area contributed by atoms with E-state index in [1.165, 1.54) is 0 Å². The average molecular weight is 247 g/mol. The van der Waals surface area contributed by atoms with Gasteiger partial charge in [0.05, 0.1) is 0 Å². The molecule has 68 valence electrons. The van der Waals surface area contributed by atoms with Crippen LogP contribution in [-0.2, 0) is 0 Å². The Bertz CT molecular complexity index is 541. The fourth-order valence-corrected chi connectivity index (χ4v) is 1.93. The summed E-state index contributed by atoms with van der Waals surface area (Å²) in [6, 6.07) is 9.85. The van der Waals surface area contributed by atoms with E-state index < -0.39 is 0 Å². The van der Waals surface area contributed by atoms with E-state index in [4.69, 9.17) is 5.26 Å². The smallest absolute Gasteiger partial charge is 0.148 e. The summed E-state index contributed by atoms with van der Waals surface area (Å²) in [6.45, 7) is 1.89. The standard InChI is InChI=1S/C11H7BrN2/c1-7-5-9-8(11(6-13)14-7)3-2-4-10(9)12/h2-5H,1H3. The van der Waals surface area contributed by atoms with Crippen LogP contribution in [0.15, 0.2) is 28.7 Å². The summed E-state index contributed by atoms with van der Waals surface area (Å²) in [7, 11) is 0. The molecule has 0 spiro atoms.